The van der Waals surface area contributed by atoms with E-state index in [4.69, 9.17) is 10.5 Å². The van der Waals surface area contributed by atoms with Gasteiger partial charge in [-0.25, -0.2) is 4.39 Å². The highest BCUT2D eigenvalue weighted by Crippen LogP contribution is 2.54. The van der Waals surface area contributed by atoms with Crippen molar-refractivity contribution >= 4 is 5.84 Å². The van der Waals surface area contributed by atoms with E-state index in [-0.39, 0.29) is 0 Å². The first kappa shape index (κ1) is 25.4. The van der Waals surface area contributed by atoms with Gasteiger partial charge in [-0.05, 0) is 0 Å². The maximum absolute atomic E-state index is 13.6. The lowest BCUT2D eigenvalue weighted by Gasteiger charge is -2.39. The molecule has 0 saturated heterocycles. The first-order valence-corrected chi connectivity index (χ1v) is 5.83. The molecule has 5 nitrogen and oxygen atoms in total. The smallest absolute Gasteiger partial charge is 0.390 e. The largest absolute Gasteiger partial charge is 0.458 e. The number of amidine groups is 1. The molecule has 0 spiro atoms. The third-order valence-corrected chi connectivity index (χ3v) is 2.53. The minimum absolute atomic E-state index is 1.67. The van der Waals surface area contributed by atoms with Crippen molar-refractivity contribution in [1.29, 1.82) is 5.41 Å². The minimum atomic E-state index is -7.40. The summed E-state index contributed by atoms with van der Waals surface area (Å²) in [6.45, 7) is -3.14. The lowest BCUT2D eigenvalue weighted by molar-refractivity contribution is -0.532. The van der Waals surface area contributed by atoms with E-state index < -0.39 is 54.9 Å². The maximum atomic E-state index is 13.6. The van der Waals surface area contributed by atoms with Crippen LogP contribution in [-0.2, 0) is 9.47 Å². The number of ether oxygens (including phenoxy) is 2. The highest BCUT2D eigenvalue weighted by Gasteiger charge is 2.83. The summed E-state index contributed by atoms with van der Waals surface area (Å²) in [5, 5.41) is 14.1. The minimum Gasteiger partial charge on any atom is -0.390 e. The zero-order valence-electron chi connectivity index (χ0n) is 12.0. The third-order valence-electron chi connectivity index (χ3n) is 2.53. The Morgan fingerprint density at radius 1 is 0.889 bits per heavy atom. The molecule has 0 aliphatic heterocycles. The van der Waals surface area contributed by atoms with E-state index in [2.05, 4.69) is 10.5 Å². The number of nitrogens with two attached hydrogens (primary N) is 1. The molecule has 4 N–H and O–H groups in total. The number of rotatable bonds is 9. The Bertz CT molecular complexity index is 552. The summed E-state index contributed by atoms with van der Waals surface area (Å²) in [4.78, 5) is 0. The van der Waals surface area contributed by atoms with Crippen LogP contribution in [0.15, 0.2) is 0 Å². The summed E-state index contributed by atoms with van der Waals surface area (Å²) >= 11 is 0. The second-order valence-corrected chi connectivity index (χ2v) is 4.55. The predicted molar refractivity (Wildman–Crippen MR) is 55.7 cm³/mol. The third kappa shape index (κ3) is 4.48. The molecule has 0 radical (unpaired) electrons. The molecule has 18 heteroatoms. The summed E-state index contributed by atoms with van der Waals surface area (Å²) in [6.07, 6.45) is -25.8. The zero-order chi connectivity index (χ0) is 22.3. The molecule has 0 aliphatic carbocycles. The van der Waals surface area contributed by atoms with Gasteiger partial charge in [-0.3, -0.25) is 14.9 Å². The maximum Gasteiger partial charge on any atom is 0.458 e. The molecule has 162 valence electrons. The Hall–Kier alpha value is -1.56. The van der Waals surface area contributed by atoms with Crippen LogP contribution in [0.4, 0.5) is 57.1 Å². The van der Waals surface area contributed by atoms with Crippen LogP contribution in [0.1, 0.15) is 0 Å². The van der Waals surface area contributed by atoms with Crippen molar-refractivity contribution in [1.82, 2.24) is 0 Å². The molecule has 0 saturated carbocycles. The fraction of sp³-hybridized carbons (Fsp3) is 0.889. The summed E-state index contributed by atoms with van der Waals surface area (Å²) in [5.74, 6) is -22.9. The van der Waals surface area contributed by atoms with Crippen LogP contribution in [0.3, 0.4) is 0 Å². The lowest BCUT2D eigenvalue weighted by Crippen LogP contribution is -2.66. The monoisotopic (exact) mass is 438 g/mol. The van der Waals surface area contributed by atoms with E-state index in [1.165, 1.54) is 0 Å². The highest BCUT2D eigenvalue weighted by molar-refractivity contribution is 5.80. The molecule has 0 fully saturated rings. The van der Waals surface area contributed by atoms with Crippen LogP contribution >= 0.6 is 0 Å². The van der Waals surface area contributed by atoms with E-state index in [0.717, 1.165) is 0 Å². The van der Waals surface area contributed by atoms with Crippen LogP contribution in [0.5, 0.6) is 0 Å². The standard InChI is InChI=1S/C9H7F13N2O3/c10-2(3(23)24)26-9(21,22)6(15,7(16,17)18)27-8(19,20)5(13,14)4(11,12)1-25/h2,25H,1H2,(H3,23,24). The summed E-state index contributed by atoms with van der Waals surface area (Å²) < 4.78 is 172. The summed E-state index contributed by atoms with van der Waals surface area (Å²) in [7, 11) is 0. The molecule has 0 rings (SSSR count). The molecular weight excluding hydrogens is 431 g/mol. The van der Waals surface area contributed by atoms with Gasteiger partial charge in [0.1, 0.15) is 6.61 Å². The van der Waals surface area contributed by atoms with E-state index in [1.807, 2.05) is 0 Å². The van der Waals surface area contributed by atoms with Crippen molar-refractivity contribution < 1.29 is 71.7 Å². The van der Waals surface area contributed by atoms with Gasteiger partial charge in [0.15, 0.2) is 5.84 Å². The molecule has 0 heterocycles. The van der Waals surface area contributed by atoms with Gasteiger partial charge in [0.05, 0.1) is 0 Å². The van der Waals surface area contributed by atoms with Crippen LogP contribution in [0.25, 0.3) is 0 Å². The molecule has 0 bridgehead atoms. The molecule has 2 atom stereocenters. The molecule has 0 aromatic rings. The van der Waals surface area contributed by atoms with Gasteiger partial charge in [0.2, 0.25) is 0 Å². The van der Waals surface area contributed by atoms with Gasteiger partial charge in [-0.1, -0.05) is 0 Å². The zero-order valence-corrected chi connectivity index (χ0v) is 12.0. The Balaban J connectivity index is 6.23. The number of aliphatic hydroxyl groups is 1. The molecule has 2 unspecified atom stereocenters. The van der Waals surface area contributed by atoms with Gasteiger partial charge in [0.25, 0.3) is 6.36 Å². The van der Waals surface area contributed by atoms with Crippen LogP contribution < -0.4 is 5.73 Å². The number of hydrogen-bond donors (Lipinski definition) is 3. The van der Waals surface area contributed by atoms with Gasteiger partial charge < -0.3 is 10.8 Å². The quantitative estimate of drug-likeness (QED) is 0.294. The fourth-order valence-corrected chi connectivity index (χ4v) is 1.10. The summed E-state index contributed by atoms with van der Waals surface area (Å²) in [6, 6.07) is 0. The number of nitrogens with one attached hydrogen (secondary N) is 1. The average Bonchev–Trinajstić information content (AvgIpc) is 2.44. The van der Waals surface area contributed by atoms with Gasteiger partial charge >= 0.3 is 36.1 Å². The molecular formula is C9H7F13N2O3. The van der Waals surface area contributed by atoms with Crippen molar-refractivity contribution in [2.24, 2.45) is 5.73 Å². The Labute approximate surface area is 139 Å². The molecule has 0 aromatic carbocycles. The number of aliphatic hydroxyl groups excluding tert-OH is 1. The van der Waals surface area contributed by atoms with Crippen molar-refractivity contribution in [3.8, 4) is 0 Å². The highest BCUT2D eigenvalue weighted by atomic mass is 19.4. The SMILES string of the molecule is N=C(N)C(F)OC(F)(F)C(F)(OC(F)(F)C(F)(F)C(F)(F)CO)C(F)(F)F. The van der Waals surface area contributed by atoms with Crippen LogP contribution in [-0.4, -0.2) is 60.0 Å². The Morgan fingerprint density at radius 2 is 1.30 bits per heavy atom. The number of hydrogen-bond acceptors (Lipinski definition) is 4. The summed E-state index contributed by atoms with van der Waals surface area (Å²) in [5.41, 5.74) is 4.18. The van der Waals surface area contributed by atoms with E-state index in [9.17, 15) is 57.1 Å². The van der Waals surface area contributed by atoms with Gasteiger partial charge in [0, 0.05) is 0 Å². The number of alkyl halides is 13. The first-order chi connectivity index (χ1) is 11.6. The number of halogens is 13. The second kappa shape index (κ2) is 7.12. The lowest BCUT2D eigenvalue weighted by atomic mass is 10.1. The molecule has 27 heavy (non-hydrogen) atoms. The van der Waals surface area contributed by atoms with Gasteiger partial charge in [-0.2, -0.15) is 52.7 Å². The van der Waals surface area contributed by atoms with E-state index in [1.54, 1.807) is 4.74 Å². The molecule has 0 amide bonds. The van der Waals surface area contributed by atoms with Crippen LogP contribution in [0, 0.1) is 5.41 Å². The Morgan fingerprint density at radius 3 is 1.59 bits per heavy atom. The Kier molecular flexibility index (Phi) is 6.70. The predicted octanol–water partition coefficient (Wildman–Crippen LogP) is 2.93. The van der Waals surface area contributed by atoms with Crippen molar-refractivity contribution in [2.75, 3.05) is 6.61 Å². The fourth-order valence-electron chi connectivity index (χ4n) is 1.10. The van der Waals surface area contributed by atoms with Crippen molar-refractivity contribution in [3.05, 3.63) is 0 Å². The normalized spacial score (nSPS) is 18.1. The second-order valence-electron chi connectivity index (χ2n) is 4.55. The van der Waals surface area contributed by atoms with E-state index >= 15 is 0 Å². The first-order valence-electron chi connectivity index (χ1n) is 5.83. The molecule has 0 aliphatic rings. The van der Waals surface area contributed by atoms with Crippen molar-refractivity contribution in [3.63, 3.8) is 0 Å². The van der Waals surface area contributed by atoms with Crippen LogP contribution in [0.2, 0.25) is 0 Å². The average molecular weight is 438 g/mol. The van der Waals surface area contributed by atoms with E-state index in [0.29, 0.717) is 0 Å². The van der Waals surface area contributed by atoms with Gasteiger partial charge in [-0.15, -0.1) is 0 Å². The topological polar surface area (TPSA) is 88.6 Å². The van der Waals surface area contributed by atoms with Crippen molar-refractivity contribution in [2.45, 2.75) is 42.5 Å². The molecule has 0 aromatic heterocycles.